The third-order valence-electron chi connectivity index (χ3n) is 3.83. The molecule has 3 heterocycles. The van der Waals surface area contributed by atoms with E-state index in [1.807, 2.05) is 24.3 Å². The summed E-state index contributed by atoms with van der Waals surface area (Å²) in [6.45, 7) is 2.98. The molecule has 1 aliphatic heterocycles. The van der Waals surface area contributed by atoms with Gasteiger partial charge in [0.25, 0.3) is 0 Å². The fraction of sp³-hybridized carbons (Fsp3) is 0.375. The van der Waals surface area contributed by atoms with Crippen LogP contribution >= 0.6 is 0 Å². The summed E-state index contributed by atoms with van der Waals surface area (Å²) in [4.78, 5) is 6.52. The Morgan fingerprint density at radius 3 is 2.81 bits per heavy atom. The molecular formula is C16H18N4O. The van der Waals surface area contributed by atoms with Gasteiger partial charge in [0.2, 0.25) is 0 Å². The lowest BCUT2D eigenvalue weighted by atomic mass is 10.2. The fourth-order valence-corrected chi connectivity index (χ4v) is 2.72. The molecule has 2 aromatic heterocycles. The smallest absolute Gasteiger partial charge is 0.140 e. The van der Waals surface area contributed by atoms with Crippen molar-refractivity contribution in [2.75, 3.05) is 25.0 Å². The summed E-state index contributed by atoms with van der Waals surface area (Å²) < 4.78 is 5.59. The predicted octanol–water partition coefficient (Wildman–Crippen LogP) is 2.80. The number of nitriles is 1. The largest absolute Gasteiger partial charge is 0.468 e. The van der Waals surface area contributed by atoms with Crippen molar-refractivity contribution in [1.29, 1.82) is 5.26 Å². The maximum Gasteiger partial charge on any atom is 0.140 e. The van der Waals surface area contributed by atoms with Gasteiger partial charge in [0.05, 0.1) is 24.2 Å². The van der Waals surface area contributed by atoms with Crippen molar-refractivity contribution < 1.29 is 4.42 Å². The number of nitrogens with zero attached hydrogens (tertiary/aromatic N) is 3. The highest BCUT2D eigenvalue weighted by atomic mass is 16.3. The molecule has 5 heteroatoms. The van der Waals surface area contributed by atoms with Crippen LogP contribution in [0.1, 0.15) is 30.3 Å². The first-order chi connectivity index (χ1) is 10.4. The predicted molar refractivity (Wildman–Crippen MR) is 79.7 cm³/mol. The molecule has 1 aliphatic rings. The number of rotatable bonds is 5. The first-order valence-corrected chi connectivity index (χ1v) is 7.24. The molecule has 0 aromatic carbocycles. The van der Waals surface area contributed by atoms with E-state index in [1.165, 1.54) is 12.8 Å². The zero-order valence-corrected chi connectivity index (χ0v) is 11.8. The standard InChI is InChI=1S/C16H18N4O/c17-10-13-5-6-14(11-18-13)19-12-15(16-4-3-9-21-16)20-7-1-2-8-20/h3-6,9,11,15,19H,1-2,7-8,12H2. The Balaban J connectivity index is 1.68. The molecule has 0 bridgehead atoms. The maximum atomic E-state index is 8.76. The van der Waals surface area contributed by atoms with Gasteiger partial charge in [-0.2, -0.15) is 5.26 Å². The zero-order valence-electron chi connectivity index (χ0n) is 11.8. The van der Waals surface area contributed by atoms with Crippen LogP contribution in [-0.2, 0) is 0 Å². The Kier molecular flexibility index (Phi) is 4.17. The number of nitrogens with one attached hydrogen (secondary N) is 1. The Morgan fingerprint density at radius 2 is 2.19 bits per heavy atom. The Hall–Kier alpha value is -2.32. The van der Waals surface area contributed by atoms with Crippen LogP contribution in [0.3, 0.4) is 0 Å². The minimum absolute atomic E-state index is 0.234. The van der Waals surface area contributed by atoms with Gasteiger partial charge in [-0.15, -0.1) is 0 Å². The van der Waals surface area contributed by atoms with Crippen molar-refractivity contribution in [3.05, 3.63) is 48.2 Å². The number of anilines is 1. The van der Waals surface area contributed by atoms with Crippen molar-refractivity contribution >= 4 is 5.69 Å². The fourth-order valence-electron chi connectivity index (χ4n) is 2.72. The first-order valence-electron chi connectivity index (χ1n) is 7.24. The van der Waals surface area contributed by atoms with Crippen molar-refractivity contribution in [3.63, 3.8) is 0 Å². The molecule has 1 saturated heterocycles. The topological polar surface area (TPSA) is 65.1 Å². The van der Waals surface area contributed by atoms with Gasteiger partial charge in [0.15, 0.2) is 0 Å². The summed E-state index contributed by atoms with van der Waals surface area (Å²) in [5.41, 5.74) is 1.35. The molecule has 1 atom stereocenters. The Morgan fingerprint density at radius 1 is 1.33 bits per heavy atom. The summed E-state index contributed by atoms with van der Waals surface area (Å²) in [7, 11) is 0. The number of hydrogen-bond donors (Lipinski definition) is 1. The van der Waals surface area contributed by atoms with Gasteiger partial charge in [0, 0.05) is 6.54 Å². The average molecular weight is 282 g/mol. The summed E-state index contributed by atoms with van der Waals surface area (Å²) in [6.07, 6.45) is 5.91. The lowest BCUT2D eigenvalue weighted by molar-refractivity contribution is 0.225. The number of aromatic nitrogens is 1. The van der Waals surface area contributed by atoms with Gasteiger partial charge in [-0.1, -0.05) is 0 Å². The second kappa shape index (κ2) is 6.42. The highest BCUT2D eigenvalue weighted by Gasteiger charge is 2.25. The monoisotopic (exact) mass is 282 g/mol. The molecule has 0 aliphatic carbocycles. The third-order valence-corrected chi connectivity index (χ3v) is 3.83. The van der Waals surface area contributed by atoms with Crippen LogP contribution in [0.2, 0.25) is 0 Å². The van der Waals surface area contributed by atoms with Crippen LogP contribution in [0.15, 0.2) is 41.1 Å². The average Bonchev–Trinajstić information content (AvgIpc) is 3.22. The highest BCUT2D eigenvalue weighted by molar-refractivity contribution is 5.43. The molecule has 21 heavy (non-hydrogen) atoms. The van der Waals surface area contributed by atoms with Crippen LogP contribution in [-0.4, -0.2) is 29.5 Å². The van der Waals surface area contributed by atoms with Gasteiger partial charge in [-0.25, -0.2) is 4.98 Å². The molecule has 0 spiro atoms. The number of likely N-dealkylation sites (tertiary alicyclic amines) is 1. The van der Waals surface area contributed by atoms with Gasteiger partial charge in [-0.05, 0) is 50.2 Å². The molecule has 0 radical (unpaired) electrons. The van der Waals surface area contributed by atoms with Crippen LogP contribution in [0.4, 0.5) is 5.69 Å². The normalized spacial score (nSPS) is 16.5. The third kappa shape index (κ3) is 3.23. The summed E-state index contributed by atoms with van der Waals surface area (Å²) in [6, 6.07) is 9.83. The molecule has 1 fully saturated rings. The second-order valence-electron chi connectivity index (χ2n) is 5.20. The molecule has 2 aromatic rings. The lowest BCUT2D eigenvalue weighted by Gasteiger charge is -2.26. The summed E-state index contributed by atoms with van der Waals surface area (Å²) in [5.74, 6) is 0.992. The highest BCUT2D eigenvalue weighted by Crippen LogP contribution is 2.25. The second-order valence-corrected chi connectivity index (χ2v) is 5.20. The van der Waals surface area contributed by atoms with Gasteiger partial charge in [0.1, 0.15) is 17.5 Å². The van der Waals surface area contributed by atoms with Crippen molar-refractivity contribution in [2.24, 2.45) is 0 Å². The SMILES string of the molecule is N#Cc1ccc(NCC(c2ccco2)N2CCCC2)cn1. The van der Waals surface area contributed by atoms with E-state index in [9.17, 15) is 0 Å². The minimum Gasteiger partial charge on any atom is -0.468 e. The first kappa shape index (κ1) is 13.7. The minimum atomic E-state index is 0.234. The molecular weight excluding hydrogens is 264 g/mol. The van der Waals surface area contributed by atoms with Crippen LogP contribution < -0.4 is 5.32 Å². The molecule has 108 valence electrons. The Labute approximate surface area is 124 Å². The van der Waals surface area contributed by atoms with E-state index in [4.69, 9.17) is 9.68 Å². The zero-order chi connectivity index (χ0) is 14.5. The van der Waals surface area contributed by atoms with E-state index in [1.54, 1.807) is 18.5 Å². The van der Waals surface area contributed by atoms with Gasteiger partial charge in [-0.3, -0.25) is 4.90 Å². The lowest BCUT2D eigenvalue weighted by Crippen LogP contribution is -2.30. The number of furan rings is 1. The van der Waals surface area contributed by atoms with E-state index in [0.29, 0.717) is 5.69 Å². The van der Waals surface area contributed by atoms with E-state index in [-0.39, 0.29) is 6.04 Å². The Bertz CT molecular complexity index is 594. The van der Waals surface area contributed by atoms with Gasteiger partial charge < -0.3 is 9.73 Å². The molecule has 1 N–H and O–H groups in total. The molecule has 0 amide bonds. The quantitative estimate of drug-likeness (QED) is 0.913. The van der Waals surface area contributed by atoms with E-state index in [2.05, 4.69) is 15.2 Å². The van der Waals surface area contributed by atoms with Crippen molar-refractivity contribution in [1.82, 2.24) is 9.88 Å². The van der Waals surface area contributed by atoms with Gasteiger partial charge >= 0.3 is 0 Å². The summed E-state index contributed by atoms with van der Waals surface area (Å²) in [5, 5.41) is 12.2. The van der Waals surface area contributed by atoms with Crippen LogP contribution in [0.25, 0.3) is 0 Å². The number of pyridine rings is 1. The molecule has 1 unspecified atom stereocenters. The van der Waals surface area contributed by atoms with Crippen molar-refractivity contribution in [2.45, 2.75) is 18.9 Å². The molecule has 5 nitrogen and oxygen atoms in total. The van der Waals surface area contributed by atoms with E-state index < -0.39 is 0 Å². The van der Waals surface area contributed by atoms with Crippen molar-refractivity contribution in [3.8, 4) is 6.07 Å². The maximum absolute atomic E-state index is 8.76. The van der Waals surface area contributed by atoms with Crippen LogP contribution in [0, 0.1) is 11.3 Å². The van der Waals surface area contributed by atoms with Crippen LogP contribution in [0.5, 0.6) is 0 Å². The summed E-state index contributed by atoms with van der Waals surface area (Å²) >= 11 is 0. The van der Waals surface area contributed by atoms with E-state index >= 15 is 0 Å². The molecule has 3 rings (SSSR count). The van der Waals surface area contributed by atoms with E-state index in [0.717, 1.165) is 31.1 Å². The molecule has 0 saturated carbocycles. The number of hydrogen-bond acceptors (Lipinski definition) is 5.